The lowest BCUT2D eigenvalue weighted by Crippen LogP contribution is -2.35. The predicted molar refractivity (Wildman–Crippen MR) is 87.3 cm³/mol. The van der Waals surface area contributed by atoms with E-state index in [1.807, 2.05) is 6.07 Å². The highest BCUT2D eigenvalue weighted by Gasteiger charge is 2.28. The van der Waals surface area contributed by atoms with Gasteiger partial charge in [-0.2, -0.15) is 0 Å². The first-order valence-electron chi connectivity index (χ1n) is 7.88. The van der Waals surface area contributed by atoms with Gasteiger partial charge in [0.05, 0.1) is 6.54 Å². The van der Waals surface area contributed by atoms with E-state index in [0.717, 1.165) is 30.5 Å². The molecule has 1 aromatic carbocycles. The number of para-hydroxylation sites is 1. The molecule has 0 atom stereocenters. The maximum Gasteiger partial charge on any atom is 0.134 e. The molecule has 1 aromatic heterocycles. The summed E-state index contributed by atoms with van der Waals surface area (Å²) in [5.74, 6) is 1.11. The summed E-state index contributed by atoms with van der Waals surface area (Å²) in [6.07, 6.45) is 2.65. The Morgan fingerprint density at radius 1 is 1.24 bits per heavy atom. The number of benzene rings is 1. The maximum absolute atomic E-state index is 6.13. The van der Waals surface area contributed by atoms with E-state index in [-0.39, 0.29) is 5.54 Å². The van der Waals surface area contributed by atoms with Crippen molar-refractivity contribution < 1.29 is 4.42 Å². The molecule has 3 nitrogen and oxygen atoms in total. The smallest absolute Gasteiger partial charge is 0.134 e. The molecule has 3 heteroatoms. The second kappa shape index (κ2) is 5.47. The van der Waals surface area contributed by atoms with Gasteiger partial charge in [0.1, 0.15) is 11.3 Å². The van der Waals surface area contributed by atoms with Crippen LogP contribution in [0.4, 0.5) is 0 Å². The molecule has 1 aliphatic carbocycles. The summed E-state index contributed by atoms with van der Waals surface area (Å²) in [5, 5.41) is 4.84. The summed E-state index contributed by atoms with van der Waals surface area (Å²) < 4.78 is 6.13. The highest BCUT2D eigenvalue weighted by molar-refractivity contribution is 5.82. The van der Waals surface area contributed by atoms with E-state index in [1.165, 1.54) is 23.8 Å². The molecule has 2 aromatic rings. The lowest BCUT2D eigenvalue weighted by atomic mass is 10.1. The highest BCUT2D eigenvalue weighted by atomic mass is 16.3. The van der Waals surface area contributed by atoms with Crippen LogP contribution < -0.4 is 5.32 Å². The Kier molecular flexibility index (Phi) is 3.80. The Balaban J connectivity index is 1.89. The van der Waals surface area contributed by atoms with Gasteiger partial charge in [-0.25, -0.2) is 0 Å². The van der Waals surface area contributed by atoms with Crippen molar-refractivity contribution >= 4 is 11.0 Å². The molecule has 114 valence electrons. The van der Waals surface area contributed by atoms with Gasteiger partial charge >= 0.3 is 0 Å². The number of furan rings is 1. The zero-order chi connectivity index (χ0) is 15.0. The van der Waals surface area contributed by atoms with Crippen LogP contribution in [0.25, 0.3) is 11.0 Å². The minimum Gasteiger partial charge on any atom is -0.459 e. The normalized spacial score (nSPS) is 16.0. The topological polar surface area (TPSA) is 28.4 Å². The molecule has 21 heavy (non-hydrogen) atoms. The van der Waals surface area contributed by atoms with E-state index in [4.69, 9.17) is 4.42 Å². The fourth-order valence-corrected chi connectivity index (χ4v) is 2.70. The van der Waals surface area contributed by atoms with Gasteiger partial charge in [0, 0.05) is 29.1 Å². The SMILES string of the molecule is CN(Cc1oc2ccccc2c1CNC(C)(C)C)C1CC1. The summed E-state index contributed by atoms with van der Waals surface area (Å²) in [5.41, 5.74) is 2.42. The molecule has 1 heterocycles. The second-order valence-corrected chi connectivity index (χ2v) is 7.25. The first-order chi connectivity index (χ1) is 9.94. The molecule has 0 bridgehead atoms. The maximum atomic E-state index is 6.13. The van der Waals surface area contributed by atoms with E-state index in [0.29, 0.717) is 0 Å². The van der Waals surface area contributed by atoms with Gasteiger partial charge in [0.2, 0.25) is 0 Å². The third-order valence-electron chi connectivity index (χ3n) is 4.14. The Hall–Kier alpha value is -1.32. The number of nitrogens with zero attached hydrogens (tertiary/aromatic N) is 1. The summed E-state index contributed by atoms with van der Waals surface area (Å²) >= 11 is 0. The van der Waals surface area contributed by atoms with Crippen molar-refractivity contribution in [3.8, 4) is 0 Å². The number of hydrogen-bond donors (Lipinski definition) is 1. The summed E-state index contributed by atoms with van der Waals surface area (Å²) in [6, 6.07) is 9.12. The van der Waals surface area contributed by atoms with E-state index in [1.54, 1.807) is 0 Å². The number of fused-ring (bicyclic) bond motifs is 1. The third kappa shape index (κ3) is 3.47. The molecule has 0 amide bonds. The van der Waals surface area contributed by atoms with Crippen LogP contribution in [-0.2, 0) is 13.1 Å². The van der Waals surface area contributed by atoms with Crippen LogP contribution in [-0.4, -0.2) is 23.5 Å². The quantitative estimate of drug-likeness (QED) is 0.903. The van der Waals surface area contributed by atoms with Crippen molar-refractivity contribution in [1.29, 1.82) is 0 Å². The summed E-state index contributed by atoms with van der Waals surface area (Å²) in [4.78, 5) is 2.41. The highest BCUT2D eigenvalue weighted by Crippen LogP contribution is 2.31. The van der Waals surface area contributed by atoms with Crippen LogP contribution in [0.3, 0.4) is 0 Å². The molecule has 0 radical (unpaired) electrons. The fraction of sp³-hybridized carbons (Fsp3) is 0.556. The van der Waals surface area contributed by atoms with Crippen molar-refractivity contribution in [1.82, 2.24) is 10.2 Å². The summed E-state index contributed by atoms with van der Waals surface area (Å²) in [6.45, 7) is 8.36. The van der Waals surface area contributed by atoms with Crippen LogP contribution in [0.2, 0.25) is 0 Å². The lowest BCUT2D eigenvalue weighted by molar-refractivity contribution is 0.287. The minimum atomic E-state index is 0.109. The van der Waals surface area contributed by atoms with Crippen molar-refractivity contribution in [3.63, 3.8) is 0 Å². The zero-order valence-electron chi connectivity index (χ0n) is 13.6. The molecule has 1 fully saturated rings. The molecular weight excluding hydrogens is 260 g/mol. The Morgan fingerprint density at radius 3 is 2.62 bits per heavy atom. The fourth-order valence-electron chi connectivity index (χ4n) is 2.70. The second-order valence-electron chi connectivity index (χ2n) is 7.25. The largest absolute Gasteiger partial charge is 0.459 e. The van der Waals surface area contributed by atoms with E-state index < -0.39 is 0 Å². The van der Waals surface area contributed by atoms with Crippen LogP contribution in [0, 0.1) is 0 Å². The summed E-state index contributed by atoms with van der Waals surface area (Å²) in [7, 11) is 2.20. The number of nitrogens with one attached hydrogen (secondary N) is 1. The molecule has 0 spiro atoms. The van der Waals surface area contributed by atoms with Crippen molar-refractivity contribution in [2.45, 2.75) is 58.3 Å². The molecule has 0 aliphatic heterocycles. The predicted octanol–water partition coefficient (Wildman–Crippen LogP) is 3.92. The van der Waals surface area contributed by atoms with Crippen molar-refractivity contribution in [2.24, 2.45) is 0 Å². The van der Waals surface area contributed by atoms with Gasteiger partial charge in [-0.3, -0.25) is 4.90 Å². The number of hydrogen-bond acceptors (Lipinski definition) is 3. The molecule has 1 aliphatic rings. The third-order valence-corrected chi connectivity index (χ3v) is 4.14. The van der Waals surface area contributed by atoms with Crippen LogP contribution in [0.5, 0.6) is 0 Å². The standard InChI is InChI=1S/C18H26N2O/c1-18(2,3)19-11-15-14-7-5-6-8-16(14)21-17(15)12-20(4)13-9-10-13/h5-8,13,19H,9-12H2,1-4H3. The van der Waals surface area contributed by atoms with Crippen molar-refractivity contribution in [2.75, 3.05) is 7.05 Å². The van der Waals surface area contributed by atoms with Gasteiger partial charge in [0.25, 0.3) is 0 Å². The average molecular weight is 286 g/mol. The van der Waals surface area contributed by atoms with Crippen LogP contribution in [0.15, 0.2) is 28.7 Å². The molecule has 0 saturated heterocycles. The monoisotopic (exact) mass is 286 g/mol. The van der Waals surface area contributed by atoms with Gasteiger partial charge in [-0.1, -0.05) is 18.2 Å². The first kappa shape index (κ1) is 14.6. The van der Waals surface area contributed by atoms with Crippen molar-refractivity contribution in [3.05, 3.63) is 35.6 Å². The molecule has 1 saturated carbocycles. The van der Waals surface area contributed by atoms with Crippen LogP contribution in [0.1, 0.15) is 44.9 Å². The Morgan fingerprint density at radius 2 is 1.95 bits per heavy atom. The van der Waals surface area contributed by atoms with E-state index in [9.17, 15) is 0 Å². The van der Waals surface area contributed by atoms with Gasteiger partial charge in [0.15, 0.2) is 0 Å². The minimum absolute atomic E-state index is 0.109. The molecular formula is C18H26N2O. The Labute approximate surface area is 127 Å². The Bertz CT molecular complexity index is 620. The molecule has 0 unspecified atom stereocenters. The van der Waals surface area contributed by atoms with E-state index >= 15 is 0 Å². The number of rotatable bonds is 5. The zero-order valence-corrected chi connectivity index (χ0v) is 13.6. The molecule has 3 rings (SSSR count). The molecule has 1 N–H and O–H groups in total. The lowest BCUT2D eigenvalue weighted by Gasteiger charge is -2.21. The van der Waals surface area contributed by atoms with Gasteiger partial charge < -0.3 is 9.73 Å². The van der Waals surface area contributed by atoms with E-state index in [2.05, 4.69) is 56.2 Å². The van der Waals surface area contributed by atoms with Crippen LogP contribution >= 0.6 is 0 Å². The average Bonchev–Trinajstić information content (AvgIpc) is 3.19. The van der Waals surface area contributed by atoms with Gasteiger partial charge in [-0.05, 0) is 46.7 Å². The first-order valence-corrected chi connectivity index (χ1v) is 7.88. The van der Waals surface area contributed by atoms with Gasteiger partial charge in [-0.15, -0.1) is 0 Å².